The molecule has 0 spiro atoms. The fourth-order valence-corrected chi connectivity index (χ4v) is 3.19. The lowest BCUT2D eigenvalue weighted by Crippen LogP contribution is -2.10. The van der Waals surface area contributed by atoms with Gasteiger partial charge >= 0.3 is 0 Å². The molecule has 0 radical (unpaired) electrons. The third-order valence-corrected chi connectivity index (χ3v) is 4.29. The Morgan fingerprint density at radius 3 is 1.84 bits per heavy atom. The van der Waals surface area contributed by atoms with Crippen LogP contribution in [0.2, 0.25) is 0 Å². The van der Waals surface area contributed by atoms with Crippen LogP contribution in [0.5, 0.6) is 0 Å². The number of hydrogen-bond acceptors (Lipinski definition) is 1. The lowest BCUT2D eigenvalue weighted by atomic mass is 10.1. The van der Waals surface area contributed by atoms with E-state index < -0.39 is 0 Å². The number of aromatic nitrogens is 1. The van der Waals surface area contributed by atoms with Crippen LogP contribution in [0.4, 0.5) is 0 Å². The molecule has 3 rings (SSSR count). The van der Waals surface area contributed by atoms with Crippen molar-refractivity contribution in [1.29, 1.82) is 0 Å². The maximum atomic E-state index is 12.6. The molecular weight excluding hydrogens is 370 g/mol. The summed E-state index contributed by atoms with van der Waals surface area (Å²) in [5.74, 6) is 0. The van der Waals surface area contributed by atoms with Gasteiger partial charge in [0.25, 0.3) is 0 Å². The van der Waals surface area contributed by atoms with Crippen LogP contribution in [0.25, 0.3) is 21.8 Å². The molecule has 19 heavy (non-hydrogen) atoms. The highest BCUT2D eigenvalue weighted by atomic mass is 79.9. The highest BCUT2D eigenvalue weighted by molar-refractivity contribution is 9.10. The lowest BCUT2D eigenvalue weighted by Gasteiger charge is -2.13. The second kappa shape index (κ2) is 4.76. The molecule has 0 aliphatic heterocycles. The fraction of sp³-hybridized carbons (Fsp3) is 0.133. The molecule has 3 aromatic rings. The van der Waals surface area contributed by atoms with Crippen LogP contribution in [0.3, 0.4) is 0 Å². The Hall–Kier alpha value is -1.13. The van der Waals surface area contributed by atoms with Crippen LogP contribution in [-0.2, 0) is 6.54 Å². The maximum absolute atomic E-state index is 12.6. The van der Waals surface area contributed by atoms with Crippen LogP contribution >= 0.6 is 31.9 Å². The predicted molar refractivity (Wildman–Crippen MR) is 86.8 cm³/mol. The molecule has 0 N–H and O–H groups in total. The van der Waals surface area contributed by atoms with Gasteiger partial charge in [0.2, 0.25) is 0 Å². The van der Waals surface area contributed by atoms with Crippen molar-refractivity contribution in [1.82, 2.24) is 4.57 Å². The monoisotopic (exact) mass is 379 g/mol. The first-order chi connectivity index (χ1) is 9.11. The normalized spacial score (nSPS) is 11.3. The van der Waals surface area contributed by atoms with Gasteiger partial charge in [-0.05, 0) is 43.3 Å². The first-order valence-electron chi connectivity index (χ1n) is 6.03. The van der Waals surface area contributed by atoms with Crippen molar-refractivity contribution in [3.05, 3.63) is 55.6 Å². The van der Waals surface area contributed by atoms with E-state index in [4.69, 9.17) is 0 Å². The molecule has 0 saturated carbocycles. The molecule has 0 fully saturated rings. The average Bonchev–Trinajstić information content (AvgIpc) is 2.40. The predicted octanol–water partition coefficient (Wildman–Crippen LogP) is 4.70. The SMILES string of the molecule is CCn1c2ccc(Br)cc2c(=O)c2cc(Br)ccc21. The first kappa shape index (κ1) is 12.9. The molecule has 0 aliphatic rings. The van der Waals surface area contributed by atoms with Gasteiger partial charge in [-0.25, -0.2) is 0 Å². The van der Waals surface area contributed by atoms with Crippen molar-refractivity contribution in [3.63, 3.8) is 0 Å². The van der Waals surface area contributed by atoms with Gasteiger partial charge in [0.1, 0.15) is 0 Å². The molecule has 0 atom stereocenters. The number of hydrogen-bond donors (Lipinski definition) is 0. The summed E-state index contributed by atoms with van der Waals surface area (Å²) in [4.78, 5) is 12.6. The van der Waals surface area contributed by atoms with Gasteiger partial charge in [-0.15, -0.1) is 0 Å². The van der Waals surface area contributed by atoms with Gasteiger partial charge in [0.05, 0.1) is 11.0 Å². The summed E-state index contributed by atoms with van der Waals surface area (Å²) in [7, 11) is 0. The number of aryl methyl sites for hydroxylation is 1. The van der Waals surface area contributed by atoms with Crippen molar-refractivity contribution >= 4 is 53.7 Å². The molecule has 0 saturated heterocycles. The Kier molecular flexibility index (Phi) is 3.23. The number of nitrogens with zero attached hydrogens (tertiary/aromatic N) is 1. The number of fused-ring (bicyclic) bond motifs is 2. The Morgan fingerprint density at radius 2 is 1.42 bits per heavy atom. The summed E-state index contributed by atoms with van der Waals surface area (Å²) in [6.07, 6.45) is 0. The van der Waals surface area contributed by atoms with E-state index >= 15 is 0 Å². The standard InChI is InChI=1S/C15H11Br2NO/c1-2-18-13-5-3-9(16)7-11(13)15(19)12-8-10(17)4-6-14(12)18/h3-8H,2H2,1H3. The summed E-state index contributed by atoms with van der Waals surface area (Å²) >= 11 is 6.87. The number of pyridine rings is 1. The zero-order chi connectivity index (χ0) is 13.6. The zero-order valence-electron chi connectivity index (χ0n) is 10.3. The molecule has 1 heterocycles. The van der Waals surface area contributed by atoms with Gasteiger partial charge in [0.15, 0.2) is 5.43 Å². The first-order valence-corrected chi connectivity index (χ1v) is 7.61. The number of rotatable bonds is 1. The van der Waals surface area contributed by atoms with Crippen LogP contribution in [0, 0.1) is 0 Å². The van der Waals surface area contributed by atoms with Crippen molar-refractivity contribution in [2.45, 2.75) is 13.5 Å². The van der Waals surface area contributed by atoms with Gasteiger partial charge in [0, 0.05) is 26.3 Å². The molecule has 0 amide bonds. The van der Waals surface area contributed by atoms with Gasteiger partial charge < -0.3 is 4.57 Å². The second-order valence-electron chi connectivity index (χ2n) is 4.40. The fourth-order valence-electron chi connectivity index (χ4n) is 2.47. The molecule has 2 nitrogen and oxygen atoms in total. The van der Waals surface area contributed by atoms with Crippen molar-refractivity contribution < 1.29 is 0 Å². The van der Waals surface area contributed by atoms with Crippen LogP contribution < -0.4 is 5.43 Å². The number of benzene rings is 2. The molecule has 0 aliphatic carbocycles. The van der Waals surface area contributed by atoms with E-state index in [-0.39, 0.29) is 5.43 Å². The summed E-state index contributed by atoms with van der Waals surface area (Å²) < 4.78 is 4.02. The van der Waals surface area contributed by atoms with Crippen LogP contribution in [0.1, 0.15) is 6.92 Å². The summed E-state index contributed by atoms with van der Waals surface area (Å²) in [5.41, 5.74) is 2.04. The van der Waals surface area contributed by atoms with Gasteiger partial charge in [-0.1, -0.05) is 31.9 Å². The zero-order valence-corrected chi connectivity index (χ0v) is 13.5. The Bertz CT molecular complexity index is 786. The third-order valence-electron chi connectivity index (χ3n) is 3.30. The Labute approximate surface area is 127 Å². The van der Waals surface area contributed by atoms with E-state index in [2.05, 4.69) is 43.4 Å². The summed E-state index contributed by atoms with van der Waals surface area (Å²) in [5, 5.41) is 1.50. The maximum Gasteiger partial charge on any atom is 0.197 e. The van der Waals surface area contributed by atoms with E-state index in [1.54, 1.807) is 0 Å². The van der Waals surface area contributed by atoms with E-state index in [9.17, 15) is 4.79 Å². The number of halogens is 2. The quantitative estimate of drug-likeness (QED) is 0.561. The highest BCUT2D eigenvalue weighted by Crippen LogP contribution is 2.24. The molecule has 4 heteroatoms. The minimum absolute atomic E-state index is 0.0808. The average molecular weight is 381 g/mol. The molecule has 2 aromatic carbocycles. The van der Waals surface area contributed by atoms with Crippen molar-refractivity contribution in [2.24, 2.45) is 0 Å². The molecule has 96 valence electrons. The van der Waals surface area contributed by atoms with E-state index in [1.165, 1.54) is 0 Å². The summed E-state index contributed by atoms with van der Waals surface area (Å²) in [6.45, 7) is 2.92. The molecule has 1 aromatic heterocycles. The molecule has 0 unspecified atom stereocenters. The third kappa shape index (κ3) is 2.03. The van der Waals surface area contributed by atoms with E-state index in [0.29, 0.717) is 0 Å². The second-order valence-corrected chi connectivity index (χ2v) is 6.23. The summed E-state index contributed by atoms with van der Waals surface area (Å²) in [6, 6.07) is 11.7. The minimum atomic E-state index is 0.0808. The van der Waals surface area contributed by atoms with E-state index in [0.717, 1.165) is 37.3 Å². The van der Waals surface area contributed by atoms with Gasteiger partial charge in [-0.2, -0.15) is 0 Å². The minimum Gasteiger partial charge on any atom is -0.341 e. The lowest BCUT2D eigenvalue weighted by molar-refractivity contribution is 0.821. The van der Waals surface area contributed by atoms with Crippen LogP contribution in [0.15, 0.2) is 50.1 Å². The van der Waals surface area contributed by atoms with Crippen molar-refractivity contribution in [2.75, 3.05) is 0 Å². The topological polar surface area (TPSA) is 22.0 Å². The largest absolute Gasteiger partial charge is 0.341 e. The van der Waals surface area contributed by atoms with Crippen LogP contribution in [-0.4, -0.2) is 4.57 Å². The molecule has 0 bridgehead atoms. The molecular formula is C15H11Br2NO. The van der Waals surface area contributed by atoms with Crippen molar-refractivity contribution in [3.8, 4) is 0 Å². The van der Waals surface area contributed by atoms with E-state index in [1.807, 2.05) is 36.4 Å². The Morgan fingerprint density at radius 1 is 0.947 bits per heavy atom. The smallest absolute Gasteiger partial charge is 0.197 e. The Balaban J connectivity index is 2.64. The highest BCUT2D eigenvalue weighted by Gasteiger charge is 2.10. The van der Waals surface area contributed by atoms with Gasteiger partial charge in [-0.3, -0.25) is 4.79 Å².